The molecule has 0 fully saturated rings. The third kappa shape index (κ3) is 4.61. The Morgan fingerprint density at radius 2 is 1.86 bits per heavy atom. The molecule has 2 aromatic carbocycles. The van der Waals surface area contributed by atoms with Crippen molar-refractivity contribution in [3.8, 4) is 5.75 Å². The van der Waals surface area contributed by atoms with Gasteiger partial charge in [0, 0.05) is 23.5 Å². The van der Waals surface area contributed by atoms with E-state index in [1.807, 2.05) is 6.07 Å². The van der Waals surface area contributed by atoms with Crippen molar-refractivity contribution in [1.82, 2.24) is 10.3 Å². The highest BCUT2D eigenvalue weighted by molar-refractivity contribution is 5.87. The Bertz CT molecular complexity index is 1020. The molecule has 5 nitrogen and oxygen atoms in total. The van der Waals surface area contributed by atoms with Crippen molar-refractivity contribution in [2.45, 2.75) is 45.3 Å². The summed E-state index contributed by atoms with van der Waals surface area (Å²) in [5, 5.41) is 24.8. The average molecular weight is 380 g/mol. The first-order valence-electron chi connectivity index (χ1n) is 9.59. The number of H-pyrrole nitrogens is 1. The van der Waals surface area contributed by atoms with Crippen LogP contribution in [0, 0.1) is 6.92 Å². The number of aromatic hydroxyl groups is 1. The minimum absolute atomic E-state index is 0.00447. The summed E-state index contributed by atoms with van der Waals surface area (Å²) < 4.78 is 0. The Kier molecular flexibility index (Phi) is 5.87. The highest BCUT2D eigenvalue weighted by atomic mass is 16.3. The second-order valence-electron chi connectivity index (χ2n) is 7.99. The van der Waals surface area contributed by atoms with Crippen LogP contribution in [-0.2, 0) is 6.42 Å². The quantitative estimate of drug-likeness (QED) is 0.505. The maximum Gasteiger partial charge on any atom is 0.248 e. The van der Waals surface area contributed by atoms with Gasteiger partial charge in [-0.3, -0.25) is 4.79 Å². The predicted octanol–water partition coefficient (Wildman–Crippen LogP) is 3.58. The van der Waals surface area contributed by atoms with Gasteiger partial charge >= 0.3 is 0 Å². The van der Waals surface area contributed by atoms with E-state index in [1.165, 1.54) is 23.3 Å². The average Bonchev–Trinajstić information content (AvgIpc) is 2.66. The second kappa shape index (κ2) is 8.17. The zero-order valence-electron chi connectivity index (χ0n) is 16.6. The molecular formula is C23H28N2O3. The van der Waals surface area contributed by atoms with Crippen LogP contribution >= 0.6 is 0 Å². The van der Waals surface area contributed by atoms with Crippen molar-refractivity contribution in [3.05, 3.63) is 75.6 Å². The minimum Gasteiger partial charge on any atom is -0.506 e. The van der Waals surface area contributed by atoms with Crippen molar-refractivity contribution in [3.63, 3.8) is 0 Å². The Hall–Kier alpha value is -2.63. The topological polar surface area (TPSA) is 85.3 Å². The number of β-amino-alcohol motifs (C(OH)–C–C–N with tert-alkyl or cyclic N) is 1. The largest absolute Gasteiger partial charge is 0.506 e. The Balaban J connectivity index is 1.69. The number of phenolic OH excluding ortho intramolecular Hbond substituents is 1. The Morgan fingerprint density at radius 1 is 1.11 bits per heavy atom. The van der Waals surface area contributed by atoms with E-state index in [2.05, 4.69) is 49.3 Å². The van der Waals surface area contributed by atoms with Crippen LogP contribution in [0.3, 0.4) is 0 Å². The van der Waals surface area contributed by atoms with Gasteiger partial charge in [-0.15, -0.1) is 0 Å². The van der Waals surface area contributed by atoms with Crippen LogP contribution in [0.1, 0.15) is 43.1 Å². The number of rotatable bonds is 7. The minimum atomic E-state index is -0.758. The fraction of sp³-hybridized carbons (Fsp3) is 0.348. The van der Waals surface area contributed by atoms with Crippen molar-refractivity contribution in [2.24, 2.45) is 0 Å². The molecule has 4 N–H and O–H groups in total. The van der Waals surface area contributed by atoms with Gasteiger partial charge in [0.15, 0.2) is 0 Å². The highest BCUT2D eigenvalue weighted by Crippen LogP contribution is 2.29. The van der Waals surface area contributed by atoms with Gasteiger partial charge in [-0.1, -0.05) is 30.3 Å². The lowest BCUT2D eigenvalue weighted by Gasteiger charge is -2.28. The molecule has 5 heteroatoms. The number of aryl methyl sites for hydroxylation is 2. The summed E-state index contributed by atoms with van der Waals surface area (Å²) in [5.41, 5.74) is 3.22. The van der Waals surface area contributed by atoms with Gasteiger partial charge in [-0.2, -0.15) is 0 Å². The SMILES string of the molecule is Cc1ccccc1CCC(C)(C)NCC(O)c1ccc(O)c2[nH]c(=O)ccc12. The third-order valence-corrected chi connectivity index (χ3v) is 5.32. The summed E-state index contributed by atoms with van der Waals surface area (Å²) in [6.07, 6.45) is 1.15. The number of hydrogen-bond acceptors (Lipinski definition) is 4. The van der Waals surface area contributed by atoms with E-state index in [-0.39, 0.29) is 16.8 Å². The van der Waals surface area contributed by atoms with Gasteiger partial charge in [-0.05, 0) is 62.4 Å². The normalized spacial score (nSPS) is 13.0. The van der Waals surface area contributed by atoms with E-state index >= 15 is 0 Å². The first kappa shape index (κ1) is 20.1. The number of aromatic amines is 1. The molecule has 148 valence electrons. The molecule has 0 aliphatic carbocycles. The Labute approximate surface area is 165 Å². The molecule has 1 aromatic heterocycles. The van der Waals surface area contributed by atoms with Crippen LogP contribution in [0.2, 0.25) is 0 Å². The van der Waals surface area contributed by atoms with Gasteiger partial charge in [0.2, 0.25) is 5.56 Å². The van der Waals surface area contributed by atoms with E-state index in [0.717, 1.165) is 12.8 Å². The summed E-state index contributed by atoms with van der Waals surface area (Å²) in [4.78, 5) is 14.2. The fourth-order valence-corrected chi connectivity index (χ4v) is 3.46. The molecule has 0 radical (unpaired) electrons. The number of benzene rings is 2. The number of aliphatic hydroxyl groups excluding tert-OH is 1. The van der Waals surface area contributed by atoms with Gasteiger partial charge in [0.05, 0.1) is 11.6 Å². The number of nitrogens with one attached hydrogen (secondary N) is 2. The van der Waals surface area contributed by atoms with Crippen LogP contribution in [0.5, 0.6) is 5.75 Å². The summed E-state index contributed by atoms with van der Waals surface area (Å²) >= 11 is 0. The number of fused-ring (bicyclic) bond motifs is 1. The van der Waals surface area contributed by atoms with Gasteiger partial charge in [-0.25, -0.2) is 0 Å². The van der Waals surface area contributed by atoms with E-state index in [0.29, 0.717) is 23.0 Å². The van der Waals surface area contributed by atoms with Crippen LogP contribution in [-0.4, -0.2) is 27.3 Å². The molecule has 3 aromatic rings. The number of aliphatic hydroxyl groups is 1. The summed E-state index contributed by atoms with van der Waals surface area (Å²) in [7, 11) is 0. The van der Waals surface area contributed by atoms with Crippen molar-refractivity contribution in [1.29, 1.82) is 0 Å². The lowest BCUT2D eigenvalue weighted by Crippen LogP contribution is -2.42. The molecule has 0 amide bonds. The molecule has 0 saturated heterocycles. The maximum atomic E-state index is 11.5. The first-order chi connectivity index (χ1) is 13.3. The number of hydrogen-bond donors (Lipinski definition) is 4. The molecule has 0 spiro atoms. The van der Waals surface area contributed by atoms with E-state index < -0.39 is 6.10 Å². The monoisotopic (exact) mass is 380 g/mol. The summed E-state index contributed by atoms with van der Waals surface area (Å²) in [6, 6.07) is 14.6. The van der Waals surface area contributed by atoms with Gasteiger partial charge in [0.25, 0.3) is 0 Å². The molecule has 1 heterocycles. The molecular weight excluding hydrogens is 352 g/mol. The zero-order valence-corrected chi connectivity index (χ0v) is 16.6. The molecule has 0 aliphatic heterocycles. The molecule has 28 heavy (non-hydrogen) atoms. The summed E-state index contributed by atoms with van der Waals surface area (Å²) in [6.45, 7) is 6.76. The van der Waals surface area contributed by atoms with Gasteiger partial charge in [0.1, 0.15) is 5.75 Å². The number of phenols is 1. The molecule has 0 bridgehead atoms. The molecule has 3 rings (SSSR count). The lowest BCUT2D eigenvalue weighted by atomic mass is 9.93. The van der Waals surface area contributed by atoms with Crippen molar-refractivity contribution >= 4 is 10.9 Å². The molecule has 0 aliphatic rings. The predicted molar refractivity (Wildman–Crippen MR) is 113 cm³/mol. The molecule has 1 atom stereocenters. The standard InChI is InChI=1S/C23H28N2O3/c1-15-6-4-5-7-16(15)12-13-23(2,3)24-14-20(27)17-8-10-19(26)22-18(17)9-11-21(28)25-22/h4-11,20,24,26-27H,12-14H2,1-3H3,(H,25,28). The zero-order chi connectivity index (χ0) is 20.3. The number of pyridine rings is 1. The van der Waals surface area contributed by atoms with E-state index in [9.17, 15) is 15.0 Å². The van der Waals surface area contributed by atoms with Crippen molar-refractivity contribution < 1.29 is 10.2 Å². The second-order valence-corrected chi connectivity index (χ2v) is 7.99. The number of aromatic nitrogens is 1. The van der Waals surface area contributed by atoms with Gasteiger partial charge < -0.3 is 20.5 Å². The summed E-state index contributed by atoms with van der Waals surface area (Å²) in [5.74, 6) is -0.00447. The highest BCUT2D eigenvalue weighted by Gasteiger charge is 2.21. The first-order valence-corrected chi connectivity index (χ1v) is 9.59. The smallest absolute Gasteiger partial charge is 0.248 e. The van der Waals surface area contributed by atoms with Crippen LogP contribution < -0.4 is 10.9 Å². The van der Waals surface area contributed by atoms with E-state index in [1.54, 1.807) is 12.1 Å². The van der Waals surface area contributed by atoms with Crippen LogP contribution in [0.25, 0.3) is 10.9 Å². The van der Waals surface area contributed by atoms with Crippen LogP contribution in [0.15, 0.2) is 53.3 Å². The van der Waals surface area contributed by atoms with Crippen LogP contribution in [0.4, 0.5) is 0 Å². The van der Waals surface area contributed by atoms with Crippen molar-refractivity contribution in [2.75, 3.05) is 6.54 Å². The van der Waals surface area contributed by atoms with E-state index in [4.69, 9.17) is 0 Å². The lowest BCUT2D eigenvalue weighted by molar-refractivity contribution is 0.160. The fourth-order valence-electron chi connectivity index (χ4n) is 3.46. The maximum absolute atomic E-state index is 11.5. The Morgan fingerprint density at radius 3 is 2.61 bits per heavy atom. The molecule has 0 saturated carbocycles. The third-order valence-electron chi connectivity index (χ3n) is 5.32. The molecule has 1 unspecified atom stereocenters.